The molecule has 51 heavy (non-hydrogen) atoms. The van der Waals surface area contributed by atoms with Crippen molar-refractivity contribution in [2.75, 3.05) is 0 Å². The number of hydrogen-bond acceptors (Lipinski definition) is 1. The zero-order chi connectivity index (χ0) is 46.8. The van der Waals surface area contributed by atoms with Gasteiger partial charge in [0, 0.05) is 10.8 Å². The van der Waals surface area contributed by atoms with Crippen LogP contribution in [-0.4, -0.2) is 0 Å². The van der Waals surface area contributed by atoms with Crippen LogP contribution in [-0.2, 0) is 0 Å². The molecule has 0 amide bonds. The molecular formula is C50H32O. The van der Waals surface area contributed by atoms with E-state index in [1.165, 1.54) is 0 Å². The Morgan fingerprint density at radius 1 is 0.333 bits per heavy atom. The van der Waals surface area contributed by atoms with Crippen LogP contribution in [0.15, 0.2) is 198 Å². The van der Waals surface area contributed by atoms with E-state index in [2.05, 4.69) is 0 Å². The molecule has 0 spiro atoms. The van der Waals surface area contributed by atoms with Crippen molar-refractivity contribution in [2.24, 2.45) is 0 Å². The summed E-state index contributed by atoms with van der Waals surface area (Å²) in [4.78, 5) is 0. The molecule has 9 aromatic carbocycles. The van der Waals surface area contributed by atoms with Gasteiger partial charge in [0.25, 0.3) is 0 Å². The first kappa shape index (κ1) is 17.8. The zero-order valence-electron chi connectivity index (χ0n) is 41.7. The lowest BCUT2D eigenvalue weighted by molar-refractivity contribution is 0.669. The highest BCUT2D eigenvalue weighted by Gasteiger charge is 2.20. The van der Waals surface area contributed by atoms with Gasteiger partial charge in [-0.3, -0.25) is 0 Å². The lowest BCUT2D eigenvalue weighted by Gasteiger charge is -2.18. The molecule has 0 radical (unpaired) electrons. The van der Waals surface area contributed by atoms with Gasteiger partial charge in [0.2, 0.25) is 0 Å². The lowest BCUT2D eigenvalue weighted by atomic mass is 9.84. The average Bonchev–Trinajstić information content (AvgIpc) is 3.73. The number of fused-ring (bicyclic) bond motifs is 5. The quantitative estimate of drug-likeness (QED) is 0.167. The first-order valence-electron chi connectivity index (χ1n) is 23.8. The Balaban J connectivity index is 1.23. The summed E-state index contributed by atoms with van der Waals surface area (Å²) in [5.74, 6) is 0. The van der Waals surface area contributed by atoms with Crippen LogP contribution in [0.4, 0.5) is 0 Å². The Hall–Kier alpha value is -6.70. The van der Waals surface area contributed by atoms with E-state index in [0.717, 1.165) is 11.1 Å². The van der Waals surface area contributed by atoms with Crippen LogP contribution < -0.4 is 0 Å². The monoisotopic (exact) mass is 663 g/mol. The smallest absolute Gasteiger partial charge is 0.136 e. The van der Waals surface area contributed by atoms with Crippen LogP contribution in [0.25, 0.3) is 99.1 Å². The van der Waals surface area contributed by atoms with E-state index in [1.54, 1.807) is 36.4 Å². The molecular weight excluding hydrogens is 617 g/mol. The van der Waals surface area contributed by atoms with Gasteiger partial charge < -0.3 is 4.42 Å². The van der Waals surface area contributed by atoms with Gasteiger partial charge in [-0.15, -0.1) is 0 Å². The second-order valence-corrected chi connectivity index (χ2v) is 12.0. The third-order valence-electron chi connectivity index (χ3n) is 9.15. The predicted octanol–water partition coefficient (Wildman–Crippen LogP) is 14.2. The van der Waals surface area contributed by atoms with Crippen molar-refractivity contribution in [1.82, 2.24) is 0 Å². The molecule has 1 heterocycles. The van der Waals surface area contributed by atoms with Crippen LogP contribution in [0.3, 0.4) is 0 Å². The van der Waals surface area contributed by atoms with Crippen molar-refractivity contribution in [3.05, 3.63) is 194 Å². The van der Waals surface area contributed by atoms with Crippen LogP contribution in [0.1, 0.15) is 20.6 Å². The standard InChI is InChI=1S/C50H32O/c1-3-12-33(13-4-1)35-22-24-36(25-23-35)37-26-28-38(29-27-37)48-40-16-7-9-18-42(40)49(43-19-10-8-17-41(43)48)45-20-11-21-46-50(45)44-31-30-39(32-47(44)51-46)34-14-5-2-6-15-34/h1-32H/i2D,5D,6D,11D,14D,15D,20D,21D,22D,23D,24D,25D,30D,31D,32D. The van der Waals surface area contributed by atoms with Gasteiger partial charge in [-0.2, -0.15) is 0 Å². The zero-order valence-corrected chi connectivity index (χ0v) is 26.7. The minimum atomic E-state index is -0.684. The summed E-state index contributed by atoms with van der Waals surface area (Å²) in [6.07, 6.45) is 0. The molecule has 0 fully saturated rings. The summed E-state index contributed by atoms with van der Waals surface area (Å²) in [7, 11) is 0. The van der Waals surface area contributed by atoms with Crippen molar-refractivity contribution < 1.29 is 25.0 Å². The number of benzene rings is 9. The molecule has 0 saturated heterocycles. The molecule has 0 unspecified atom stereocenters. The van der Waals surface area contributed by atoms with Crippen molar-refractivity contribution in [1.29, 1.82) is 0 Å². The van der Waals surface area contributed by atoms with E-state index in [0.29, 0.717) is 38.2 Å². The third-order valence-corrected chi connectivity index (χ3v) is 9.15. The summed E-state index contributed by atoms with van der Waals surface area (Å²) in [6.45, 7) is 0. The maximum atomic E-state index is 9.48. The Bertz CT molecular complexity index is 3630. The maximum absolute atomic E-state index is 9.48. The van der Waals surface area contributed by atoms with E-state index in [9.17, 15) is 5.48 Å². The molecule has 0 aliphatic heterocycles. The molecule has 10 rings (SSSR count). The lowest BCUT2D eigenvalue weighted by Crippen LogP contribution is -1.91. The molecule has 1 aromatic heterocycles. The molecule has 0 bridgehead atoms. The third kappa shape index (κ3) is 4.94. The van der Waals surface area contributed by atoms with E-state index in [-0.39, 0.29) is 68.8 Å². The van der Waals surface area contributed by atoms with E-state index < -0.39 is 71.6 Å². The number of rotatable bonds is 5. The van der Waals surface area contributed by atoms with Crippen LogP contribution in [0.5, 0.6) is 0 Å². The highest BCUT2D eigenvalue weighted by molar-refractivity contribution is 6.25. The van der Waals surface area contributed by atoms with Gasteiger partial charge >= 0.3 is 0 Å². The highest BCUT2D eigenvalue weighted by atomic mass is 16.3. The van der Waals surface area contributed by atoms with E-state index >= 15 is 0 Å². The average molecular weight is 664 g/mol. The van der Waals surface area contributed by atoms with Gasteiger partial charge in [0.05, 0.1) is 20.6 Å². The molecule has 1 nitrogen and oxygen atoms in total. The Morgan fingerprint density at radius 3 is 1.51 bits per heavy atom. The fourth-order valence-electron chi connectivity index (χ4n) is 6.85. The van der Waals surface area contributed by atoms with Gasteiger partial charge in [-0.1, -0.05) is 176 Å². The molecule has 10 aromatic rings. The number of hydrogen-bond donors (Lipinski definition) is 0. The van der Waals surface area contributed by atoms with Gasteiger partial charge in [-0.25, -0.2) is 0 Å². The van der Waals surface area contributed by atoms with Crippen LogP contribution >= 0.6 is 0 Å². The SMILES string of the molecule is [2H]c1c([2H])c([2H])c(-c2c([2H])c([2H])c3c(oc4c([2H])c([2H])c([2H])c(-c5c6ccccc6c(-c6ccc(-c7c([2H])c([2H])c(-c8ccccc8)c([2H])c7[2H])cc6)c6ccccc56)c43)c2[2H])c([2H])c1[2H]. The molecule has 0 atom stereocenters. The van der Waals surface area contributed by atoms with Gasteiger partial charge in [-0.05, 0) is 95.3 Å². The normalized spacial score (nSPS) is 15.6. The largest absolute Gasteiger partial charge is 0.456 e. The second-order valence-electron chi connectivity index (χ2n) is 12.0. The summed E-state index contributed by atoms with van der Waals surface area (Å²) in [6, 6.07) is 23.8. The topological polar surface area (TPSA) is 13.1 Å². The van der Waals surface area contributed by atoms with Crippen LogP contribution in [0.2, 0.25) is 0 Å². The molecule has 238 valence electrons. The van der Waals surface area contributed by atoms with Gasteiger partial charge in [0.15, 0.2) is 0 Å². The summed E-state index contributed by atoms with van der Waals surface area (Å²) in [5, 5.41) is 2.61. The Kier molecular flexibility index (Phi) is 4.19. The summed E-state index contributed by atoms with van der Waals surface area (Å²) >= 11 is 0. The van der Waals surface area contributed by atoms with Crippen molar-refractivity contribution in [3.8, 4) is 55.6 Å². The highest BCUT2D eigenvalue weighted by Crippen LogP contribution is 2.47. The Morgan fingerprint density at radius 2 is 0.863 bits per heavy atom. The van der Waals surface area contributed by atoms with E-state index in [4.69, 9.17) is 19.5 Å². The molecule has 0 N–H and O–H groups in total. The summed E-state index contributed by atoms with van der Waals surface area (Å²) < 4.78 is 139. The first-order valence-corrected chi connectivity index (χ1v) is 16.3. The molecule has 1 heteroatoms. The first-order chi connectivity index (χ1) is 31.6. The minimum absolute atomic E-state index is 0.0428. The van der Waals surface area contributed by atoms with Gasteiger partial charge in [0.1, 0.15) is 11.2 Å². The maximum Gasteiger partial charge on any atom is 0.136 e. The van der Waals surface area contributed by atoms with Crippen molar-refractivity contribution in [3.63, 3.8) is 0 Å². The molecule has 0 aliphatic rings. The fourth-order valence-corrected chi connectivity index (χ4v) is 6.85. The van der Waals surface area contributed by atoms with Crippen molar-refractivity contribution in [2.45, 2.75) is 0 Å². The fraction of sp³-hybridized carbons (Fsp3) is 0. The summed E-state index contributed by atoms with van der Waals surface area (Å²) in [5.41, 5.74) is 2.12. The van der Waals surface area contributed by atoms with E-state index in [1.807, 2.05) is 66.7 Å². The minimum Gasteiger partial charge on any atom is -0.456 e. The Labute approximate surface area is 317 Å². The predicted molar refractivity (Wildman–Crippen MR) is 216 cm³/mol. The molecule has 0 aliphatic carbocycles. The van der Waals surface area contributed by atoms with Crippen molar-refractivity contribution >= 4 is 43.5 Å². The number of furan rings is 1. The molecule has 0 saturated carbocycles. The van der Waals surface area contributed by atoms with Crippen LogP contribution in [0, 0.1) is 0 Å². The second kappa shape index (κ2) is 12.0.